The highest BCUT2D eigenvalue weighted by atomic mass is 35.5. The highest BCUT2D eigenvalue weighted by Gasteiger charge is 2.22. The normalized spacial score (nSPS) is 16.3. The fraction of sp³-hybridized carbons (Fsp3) is 0.471. The minimum Gasteiger partial charge on any atom is -0.497 e. The lowest BCUT2D eigenvalue weighted by atomic mass is 9.97. The Labute approximate surface area is 142 Å². The number of benzene rings is 1. The van der Waals surface area contributed by atoms with Crippen molar-refractivity contribution in [3.05, 3.63) is 34.7 Å². The first kappa shape index (κ1) is 17.3. The number of thiazole rings is 1. The van der Waals surface area contributed by atoms with E-state index in [0.29, 0.717) is 5.92 Å². The van der Waals surface area contributed by atoms with Gasteiger partial charge < -0.3 is 9.64 Å². The molecule has 3 rings (SSSR count). The average Bonchev–Trinajstić information content (AvgIpc) is 3.05. The van der Waals surface area contributed by atoms with Crippen LogP contribution < -0.4 is 4.74 Å². The highest BCUT2D eigenvalue weighted by Crippen LogP contribution is 2.33. The summed E-state index contributed by atoms with van der Waals surface area (Å²) in [7, 11) is 1.69. The number of nitrogens with zero attached hydrogens (tertiary/aromatic N) is 2. The first-order valence-electron chi connectivity index (χ1n) is 7.62. The summed E-state index contributed by atoms with van der Waals surface area (Å²) in [6, 6.07) is 8.15. The summed E-state index contributed by atoms with van der Waals surface area (Å²) in [5.74, 6) is 1.53. The van der Waals surface area contributed by atoms with Gasteiger partial charge in [-0.3, -0.25) is 0 Å². The Morgan fingerprint density at radius 3 is 2.50 bits per heavy atom. The van der Waals surface area contributed by atoms with Gasteiger partial charge in [0.1, 0.15) is 5.75 Å². The van der Waals surface area contributed by atoms with E-state index in [1.807, 2.05) is 23.5 Å². The van der Waals surface area contributed by atoms with Crippen LogP contribution in [0.1, 0.15) is 30.7 Å². The number of piperidine rings is 1. The fourth-order valence-electron chi connectivity index (χ4n) is 2.87. The van der Waals surface area contributed by atoms with E-state index < -0.39 is 0 Å². The topological polar surface area (TPSA) is 25.4 Å². The monoisotopic (exact) mass is 338 g/mol. The molecule has 0 N–H and O–H groups in total. The summed E-state index contributed by atoms with van der Waals surface area (Å²) >= 11 is 1.81. The van der Waals surface area contributed by atoms with Crippen LogP contribution in [0.2, 0.25) is 0 Å². The van der Waals surface area contributed by atoms with E-state index in [1.165, 1.54) is 43.0 Å². The van der Waals surface area contributed by atoms with Crippen molar-refractivity contribution in [3.63, 3.8) is 0 Å². The molecule has 0 spiro atoms. The molecule has 3 nitrogen and oxygen atoms in total. The molecule has 0 unspecified atom stereocenters. The first-order valence-corrected chi connectivity index (χ1v) is 8.50. The summed E-state index contributed by atoms with van der Waals surface area (Å²) in [4.78, 5) is 7.39. The molecule has 1 aliphatic heterocycles. The number of aromatic nitrogens is 1. The lowest BCUT2D eigenvalue weighted by Gasteiger charge is -2.29. The van der Waals surface area contributed by atoms with Crippen LogP contribution in [0.5, 0.6) is 5.75 Å². The molecule has 1 saturated heterocycles. The first-order chi connectivity index (χ1) is 10.3. The Kier molecular flexibility index (Phi) is 6.24. The molecule has 1 fully saturated rings. The van der Waals surface area contributed by atoms with Crippen LogP contribution in [0.15, 0.2) is 29.6 Å². The van der Waals surface area contributed by atoms with Crippen molar-refractivity contribution in [2.24, 2.45) is 0 Å². The largest absolute Gasteiger partial charge is 0.497 e. The minimum absolute atomic E-state index is 0. The van der Waals surface area contributed by atoms with Gasteiger partial charge in [-0.25, -0.2) is 4.98 Å². The van der Waals surface area contributed by atoms with Gasteiger partial charge in [0.15, 0.2) is 0 Å². The van der Waals surface area contributed by atoms with Gasteiger partial charge in [0.05, 0.1) is 17.8 Å². The quantitative estimate of drug-likeness (QED) is 0.824. The molecule has 1 aromatic carbocycles. The van der Waals surface area contributed by atoms with Crippen LogP contribution in [0.25, 0.3) is 11.3 Å². The molecule has 0 radical (unpaired) electrons. The van der Waals surface area contributed by atoms with Crippen LogP contribution in [0, 0.1) is 0 Å². The van der Waals surface area contributed by atoms with E-state index in [9.17, 15) is 0 Å². The van der Waals surface area contributed by atoms with Crippen molar-refractivity contribution in [3.8, 4) is 17.0 Å². The van der Waals surface area contributed by atoms with Crippen molar-refractivity contribution in [2.75, 3.05) is 26.7 Å². The summed E-state index contributed by atoms with van der Waals surface area (Å²) in [5, 5.41) is 3.49. The van der Waals surface area contributed by atoms with E-state index in [1.54, 1.807) is 7.11 Å². The second-order valence-electron chi connectivity index (χ2n) is 5.51. The zero-order valence-corrected chi connectivity index (χ0v) is 14.8. The van der Waals surface area contributed by atoms with Gasteiger partial charge in [-0.2, -0.15) is 0 Å². The number of halogens is 1. The van der Waals surface area contributed by atoms with Crippen molar-refractivity contribution in [1.29, 1.82) is 0 Å². The maximum absolute atomic E-state index is 5.20. The van der Waals surface area contributed by atoms with Crippen LogP contribution in [0.4, 0.5) is 0 Å². The molecule has 2 heterocycles. The van der Waals surface area contributed by atoms with Gasteiger partial charge in [-0.15, -0.1) is 23.7 Å². The molecule has 22 heavy (non-hydrogen) atoms. The van der Waals surface area contributed by atoms with Crippen LogP contribution in [-0.4, -0.2) is 36.6 Å². The molecule has 5 heteroatoms. The fourth-order valence-corrected chi connectivity index (χ4v) is 3.87. The number of rotatable bonds is 4. The van der Waals surface area contributed by atoms with Gasteiger partial charge in [0.2, 0.25) is 0 Å². The van der Waals surface area contributed by atoms with Crippen LogP contribution >= 0.6 is 23.7 Å². The molecule has 0 saturated carbocycles. The number of likely N-dealkylation sites (tertiary alicyclic amines) is 1. The Bertz CT molecular complexity index is 577. The Hall–Kier alpha value is -1.10. The molecule has 0 aliphatic carbocycles. The molecule has 1 aliphatic rings. The number of hydrogen-bond acceptors (Lipinski definition) is 4. The van der Waals surface area contributed by atoms with Gasteiger partial charge in [0, 0.05) is 16.9 Å². The molecule has 0 bridgehead atoms. The van der Waals surface area contributed by atoms with Gasteiger partial charge in [-0.05, 0) is 56.7 Å². The maximum Gasteiger partial charge on any atom is 0.118 e. The smallest absolute Gasteiger partial charge is 0.118 e. The number of ether oxygens (including phenoxy) is 1. The van der Waals surface area contributed by atoms with Gasteiger partial charge in [-0.1, -0.05) is 6.92 Å². The van der Waals surface area contributed by atoms with E-state index in [0.717, 1.165) is 11.4 Å². The summed E-state index contributed by atoms with van der Waals surface area (Å²) < 4.78 is 5.20. The predicted octanol–water partition coefficient (Wildman–Crippen LogP) is 4.44. The second-order valence-corrected chi connectivity index (χ2v) is 6.40. The second kappa shape index (κ2) is 7.95. The van der Waals surface area contributed by atoms with Crippen molar-refractivity contribution in [1.82, 2.24) is 9.88 Å². The lowest BCUT2D eigenvalue weighted by molar-refractivity contribution is 0.222. The highest BCUT2D eigenvalue weighted by molar-refractivity contribution is 7.10. The number of methoxy groups -OCH3 is 1. The van der Waals surface area contributed by atoms with E-state index in [2.05, 4.69) is 29.3 Å². The van der Waals surface area contributed by atoms with Crippen molar-refractivity contribution >= 4 is 23.7 Å². The van der Waals surface area contributed by atoms with Crippen molar-refractivity contribution < 1.29 is 4.74 Å². The third kappa shape index (κ3) is 3.80. The number of hydrogen-bond donors (Lipinski definition) is 0. The SMILES string of the molecule is CCN1CCC(c2nc(-c3ccc(OC)cc3)cs2)CC1.Cl. The molecule has 0 atom stereocenters. The molecule has 0 amide bonds. The predicted molar refractivity (Wildman–Crippen MR) is 95.4 cm³/mol. The van der Waals surface area contributed by atoms with E-state index >= 15 is 0 Å². The Morgan fingerprint density at radius 1 is 1.23 bits per heavy atom. The average molecular weight is 339 g/mol. The Morgan fingerprint density at radius 2 is 1.91 bits per heavy atom. The van der Waals surface area contributed by atoms with Gasteiger partial charge >= 0.3 is 0 Å². The van der Waals surface area contributed by atoms with E-state index in [-0.39, 0.29) is 12.4 Å². The third-order valence-electron chi connectivity index (χ3n) is 4.29. The van der Waals surface area contributed by atoms with Crippen molar-refractivity contribution in [2.45, 2.75) is 25.7 Å². The summed E-state index contributed by atoms with van der Waals surface area (Å²) in [6.45, 7) is 5.82. The van der Waals surface area contributed by atoms with Gasteiger partial charge in [0.25, 0.3) is 0 Å². The zero-order chi connectivity index (χ0) is 14.7. The summed E-state index contributed by atoms with van der Waals surface area (Å²) in [5.41, 5.74) is 2.26. The van der Waals surface area contributed by atoms with Crippen LogP contribution in [-0.2, 0) is 0 Å². The third-order valence-corrected chi connectivity index (χ3v) is 5.30. The molecular formula is C17H23ClN2OS. The standard InChI is InChI=1S/C17H22N2OS.ClH/c1-3-19-10-8-14(9-11-19)17-18-16(12-21-17)13-4-6-15(20-2)7-5-13;/h4-7,12,14H,3,8-11H2,1-2H3;1H. The molecule has 2 aromatic rings. The molecule has 1 aromatic heterocycles. The molecule has 120 valence electrons. The Balaban J connectivity index is 0.00000176. The lowest BCUT2D eigenvalue weighted by Crippen LogP contribution is -2.32. The molecular weight excluding hydrogens is 316 g/mol. The minimum atomic E-state index is 0. The van der Waals surface area contributed by atoms with Crippen LogP contribution in [0.3, 0.4) is 0 Å². The maximum atomic E-state index is 5.20. The van der Waals surface area contributed by atoms with E-state index in [4.69, 9.17) is 9.72 Å². The zero-order valence-electron chi connectivity index (χ0n) is 13.1. The summed E-state index contributed by atoms with van der Waals surface area (Å²) in [6.07, 6.45) is 2.48.